The molecule has 0 aromatic heterocycles. The Labute approximate surface area is 126 Å². The van der Waals surface area contributed by atoms with Crippen LogP contribution in [0.2, 0.25) is 0 Å². The largest absolute Gasteiger partial charge is 0.466 e. The van der Waals surface area contributed by atoms with Crippen molar-refractivity contribution in [1.29, 1.82) is 0 Å². The summed E-state index contributed by atoms with van der Waals surface area (Å²) in [6, 6.07) is 12.7. The molecule has 0 fully saturated rings. The monoisotopic (exact) mass is 302 g/mol. The van der Waals surface area contributed by atoms with Crippen LogP contribution >= 0.6 is 12.2 Å². The quantitative estimate of drug-likeness (QED) is 0.386. The average molecular weight is 302 g/mol. The number of benzene rings is 2. The lowest BCUT2D eigenvalue weighted by molar-refractivity contribution is 0.300. The van der Waals surface area contributed by atoms with Crippen molar-refractivity contribution in [2.45, 2.75) is 6.61 Å². The van der Waals surface area contributed by atoms with Gasteiger partial charge >= 0.3 is 0 Å². The number of halogens is 1. The van der Waals surface area contributed by atoms with Gasteiger partial charge in [-0.2, -0.15) is 0 Å². The van der Waals surface area contributed by atoms with Gasteiger partial charge in [-0.05, 0) is 47.6 Å². The number of anilines is 1. The van der Waals surface area contributed by atoms with Crippen LogP contribution in [0.4, 0.5) is 15.8 Å². The van der Waals surface area contributed by atoms with Crippen molar-refractivity contribution in [1.82, 2.24) is 0 Å². The van der Waals surface area contributed by atoms with Crippen molar-refractivity contribution in [3.05, 3.63) is 70.4 Å². The van der Waals surface area contributed by atoms with Crippen LogP contribution in [0.3, 0.4) is 0 Å². The topological polar surface area (TPSA) is 70.0 Å². The van der Waals surface area contributed by atoms with Crippen LogP contribution in [0.1, 0.15) is 5.56 Å². The molecule has 0 unspecified atom stereocenters. The highest BCUT2D eigenvalue weighted by molar-refractivity contribution is 7.80. The van der Waals surface area contributed by atoms with Crippen LogP contribution < -0.4 is 5.32 Å². The molecule has 0 atom stereocenters. The fraction of sp³-hybridized carbons (Fsp3) is 0.0714. The van der Waals surface area contributed by atoms with Crippen molar-refractivity contribution < 1.29 is 9.13 Å². The van der Waals surface area contributed by atoms with Crippen LogP contribution in [-0.4, -0.2) is 5.17 Å². The molecule has 7 heteroatoms. The zero-order chi connectivity index (χ0) is 15.1. The summed E-state index contributed by atoms with van der Waals surface area (Å²) in [5.41, 5.74) is 10.4. The molecule has 0 amide bonds. The van der Waals surface area contributed by atoms with E-state index in [0.29, 0.717) is 11.4 Å². The molecular weight excluding hydrogens is 291 g/mol. The maximum atomic E-state index is 12.8. The second-order valence-electron chi connectivity index (χ2n) is 4.06. The second-order valence-corrected chi connectivity index (χ2v) is 4.43. The van der Waals surface area contributed by atoms with Crippen molar-refractivity contribution in [3.8, 4) is 0 Å². The summed E-state index contributed by atoms with van der Waals surface area (Å²) < 4.78 is 18.1. The molecule has 0 radical (unpaired) electrons. The van der Waals surface area contributed by atoms with Crippen LogP contribution in [0.5, 0.6) is 0 Å². The van der Waals surface area contributed by atoms with E-state index in [1.165, 1.54) is 12.1 Å². The van der Waals surface area contributed by atoms with Gasteiger partial charge in [-0.15, -0.1) is 0 Å². The summed E-state index contributed by atoms with van der Waals surface area (Å²) in [5.74, 6) is -0.312. The average Bonchev–Trinajstić information content (AvgIpc) is 2.49. The second kappa shape index (κ2) is 7.23. The summed E-state index contributed by atoms with van der Waals surface area (Å²) >= 11 is 5.04. The third-order valence-corrected chi connectivity index (χ3v) is 2.78. The Kier molecular flexibility index (Phi) is 5.09. The number of nitrogens with zero attached hydrogens (tertiary/aromatic N) is 3. The Morgan fingerprint density at radius 3 is 2.48 bits per heavy atom. The summed E-state index contributed by atoms with van der Waals surface area (Å²) in [5, 5.41) is 6.52. The predicted octanol–water partition coefficient (Wildman–Crippen LogP) is 4.68. The van der Waals surface area contributed by atoms with Crippen LogP contribution in [0, 0.1) is 5.82 Å². The standard InChI is InChI=1S/C14H11FN4OS/c15-11-3-7-12(8-4-11)17-14(21)20-9-10-1-5-13(6-2-10)18-19-16/h1-8H,9H2,(H,17,21). The first-order valence-corrected chi connectivity index (χ1v) is 6.41. The number of rotatable bonds is 4. The molecule has 2 aromatic carbocycles. The normalized spacial score (nSPS) is 9.57. The lowest BCUT2D eigenvalue weighted by atomic mass is 10.2. The molecule has 1 N–H and O–H groups in total. The zero-order valence-corrected chi connectivity index (χ0v) is 11.7. The fourth-order valence-corrected chi connectivity index (χ4v) is 1.72. The highest BCUT2D eigenvalue weighted by Crippen LogP contribution is 2.14. The maximum absolute atomic E-state index is 12.8. The van der Waals surface area contributed by atoms with Gasteiger partial charge in [0.15, 0.2) is 0 Å². The van der Waals surface area contributed by atoms with Crippen LogP contribution in [-0.2, 0) is 11.3 Å². The Bertz CT molecular complexity index is 666. The molecule has 0 aliphatic carbocycles. The van der Waals surface area contributed by atoms with E-state index < -0.39 is 0 Å². The summed E-state index contributed by atoms with van der Waals surface area (Å²) in [6.07, 6.45) is 0. The van der Waals surface area contributed by atoms with Crippen molar-refractivity contribution in [2.75, 3.05) is 5.32 Å². The van der Waals surface area contributed by atoms with Gasteiger partial charge < -0.3 is 10.1 Å². The minimum absolute atomic E-state index is 0.195. The third kappa shape index (κ3) is 4.76. The predicted molar refractivity (Wildman–Crippen MR) is 82.7 cm³/mol. The fourth-order valence-electron chi connectivity index (χ4n) is 1.55. The minimum atomic E-state index is -0.312. The summed E-state index contributed by atoms with van der Waals surface area (Å²) in [6.45, 7) is 0.281. The third-order valence-electron chi connectivity index (χ3n) is 2.56. The Morgan fingerprint density at radius 2 is 1.86 bits per heavy atom. The molecule has 0 saturated heterocycles. The number of hydrogen-bond donors (Lipinski definition) is 1. The zero-order valence-electron chi connectivity index (χ0n) is 10.9. The van der Waals surface area contributed by atoms with Gasteiger partial charge in [0, 0.05) is 16.3 Å². The number of thiocarbonyl (C=S) groups is 1. The molecule has 2 rings (SSSR count). The highest BCUT2D eigenvalue weighted by Gasteiger charge is 2.00. The van der Waals surface area contributed by atoms with E-state index in [1.54, 1.807) is 36.4 Å². The van der Waals surface area contributed by atoms with E-state index in [1.807, 2.05) is 0 Å². The molecule has 0 aliphatic heterocycles. The van der Waals surface area contributed by atoms with Crippen LogP contribution in [0.25, 0.3) is 10.4 Å². The van der Waals surface area contributed by atoms with E-state index in [4.69, 9.17) is 22.5 Å². The molecule has 0 heterocycles. The molecule has 2 aromatic rings. The van der Waals surface area contributed by atoms with Crippen molar-refractivity contribution in [2.24, 2.45) is 5.11 Å². The van der Waals surface area contributed by atoms with Crippen LogP contribution in [0.15, 0.2) is 53.6 Å². The molecule has 21 heavy (non-hydrogen) atoms. The summed E-state index contributed by atoms with van der Waals surface area (Å²) in [4.78, 5) is 2.70. The Morgan fingerprint density at radius 1 is 1.19 bits per heavy atom. The molecule has 106 valence electrons. The van der Waals surface area contributed by atoms with Gasteiger partial charge in [-0.3, -0.25) is 0 Å². The lowest BCUT2D eigenvalue weighted by Crippen LogP contribution is -2.13. The van der Waals surface area contributed by atoms with Gasteiger partial charge in [0.05, 0.1) is 0 Å². The SMILES string of the molecule is [N-]=[N+]=Nc1ccc(COC(=S)Nc2ccc(F)cc2)cc1. The van der Waals surface area contributed by atoms with Gasteiger partial charge in [-0.25, -0.2) is 4.39 Å². The maximum Gasteiger partial charge on any atom is 0.261 e. The number of hydrogen-bond acceptors (Lipinski definition) is 3. The summed E-state index contributed by atoms with van der Waals surface area (Å²) in [7, 11) is 0. The number of nitrogens with one attached hydrogen (secondary N) is 1. The molecule has 0 saturated carbocycles. The molecule has 0 spiro atoms. The van der Waals surface area contributed by atoms with Gasteiger partial charge in [0.2, 0.25) is 0 Å². The smallest absolute Gasteiger partial charge is 0.261 e. The lowest BCUT2D eigenvalue weighted by Gasteiger charge is -2.10. The van der Waals surface area contributed by atoms with E-state index in [2.05, 4.69) is 15.3 Å². The van der Waals surface area contributed by atoms with Gasteiger partial charge in [-0.1, -0.05) is 29.4 Å². The first-order chi connectivity index (χ1) is 10.2. The van der Waals surface area contributed by atoms with Crippen molar-refractivity contribution >= 4 is 28.8 Å². The van der Waals surface area contributed by atoms with E-state index in [-0.39, 0.29) is 17.6 Å². The number of azide groups is 1. The first-order valence-electron chi connectivity index (χ1n) is 6.01. The van der Waals surface area contributed by atoms with Crippen molar-refractivity contribution in [3.63, 3.8) is 0 Å². The highest BCUT2D eigenvalue weighted by atomic mass is 32.1. The van der Waals surface area contributed by atoms with Gasteiger partial charge in [0.1, 0.15) is 12.4 Å². The molecule has 0 bridgehead atoms. The molecular formula is C14H11FN4OS. The van der Waals surface area contributed by atoms with E-state index >= 15 is 0 Å². The first kappa shape index (κ1) is 14.8. The van der Waals surface area contributed by atoms with E-state index in [0.717, 1.165) is 5.56 Å². The van der Waals surface area contributed by atoms with E-state index in [9.17, 15) is 4.39 Å². The van der Waals surface area contributed by atoms with Gasteiger partial charge in [0.25, 0.3) is 5.17 Å². The number of ether oxygens (including phenoxy) is 1. The Balaban J connectivity index is 1.86. The molecule has 5 nitrogen and oxygen atoms in total. The minimum Gasteiger partial charge on any atom is -0.466 e. The Hall–Kier alpha value is -2.63. The molecule has 0 aliphatic rings.